The van der Waals surface area contributed by atoms with E-state index >= 15 is 0 Å². The largest absolute Gasteiger partial charge is 0.305 e. The molecule has 0 saturated heterocycles. The molecule has 0 atom stereocenters. The number of pyridine rings is 2. The van der Waals surface area contributed by atoms with E-state index in [2.05, 4.69) is 34.2 Å². The maximum atomic E-state index is 6.04. The summed E-state index contributed by atoms with van der Waals surface area (Å²) in [7, 11) is 0. The highest BCUT2D eigenvalue weighted by atomic mass is 35.5. The maximum Gasteiger partial charge on any atom is 0.137 e. The molecule has 0 saturated carbocycles. The van der Waals surface area contributed by atoms with Gasteiger partial charge in [0.2, 0.25) is 0 Å². The van der Waals surface area contributed by atoms with Crippen LogP contribution in [0.5, 0.6) is 0 Å². The number of imidazole rings is 2. The van der Waals surface area contributed by atoms with Gasteiger partial charge in [0, 0.05) is 35.9 Å². The van der Waals surface area contributed by atoms with Gasteiger partial charge in [0.05, 0.1) is 21.4 Å². The summed E-state index contributed by atoms with van der Waals surface area (Å²) in [5, 5.41) is 1.37. The van der Waals surface area contributed by atoms with Crippen LogP contribution >= 0.6 is 23.2 Å². The third-order valence-corrected chi connectivity index (χ3v) is 4.75. The van der Waals surface area contributed by atoms with Crippen LogP contribution in [0.3, 0.4) is 0 Å². The number of nitrogens with zero attached hydrogens (tertiary/aromatic N) is 4. The minimum absolute atomic E-state index is 0.684. The lowest BCUT2D eigenvalue weighted by molar-refractivity contribution is 1.19. The van der Waals surface area contributed by atoms with E-state index in [4.69, 9.17) is 23.2 Å². The van der Waals surface area contributed by atoms with Crippen molar-refractivity contribution in [2.45, 2.75) is 0 Å². The molecule has 126 valence electrons. The highest BCUT2D eigenvalue weighted by Crippen LogP contribution is 2.25. The van der Waals surface area contributed by atoms with Crippen molar-refractivity contribution in [3.8, 4) is 22.5 Å². The van der Waals surface area contributed by atoms with Crippen LogP contribution in [-0.4, -0.2) is 18.8 Å². The number of rotatable bonds is 2. The van der Waals surface area contributed by atoms with Crippen molar-refractivity contribution < 1.29 is 0 Å². The molecule has 6 heteroatoms. The lowest BCUT2D eigenvalue weighted by Crippen LogP contribution is -1.80. The molecule has 0 amide bonds. The minimum atomic E-state index is 0.684. The van der Waals surface area contributed by atoms with Gasteiger partial charge in [0.15, 0.2) is 0 Å². The van der Waals surface area contributed by atoms with Crippen LogP contribution in [0.4, 0.5) is 0 Å². The fourth-order valence-corrected chi connectivity index (χ4v) is 3.36. The Balaban J connectivity index is 1.52. The van der Waals surface area contributed by atoms with Gasteiger partial charge in [0.25, 0.3) is 0 Å². The van der Waals surface area contributed by atoms with E-state index in [0.717, 1.165) is 33.8 Å². The Bertz CT molecular complexity index is 1150. The van der Waals surface area contributed by atoms with E-state index in [-0.39, 0.29) is 0 Å². The van der Waals surface area contributed by atoms with Crippen molar-refractivity contribution in [1.29, 1.82) is 0 Å². The van der Waals surface area contributed by atoms with Crippen LogP contribution in [-0.2, 0) is 0 Å². The quantitative estimate of drug-likeness (QED) is 0.399. The molecular formula is C20H12Cl2N4. The number of hydrogen-bond acceptors (Lipinski definition) is 2. The van der Waals surface area contributed by atoms with E-state index < -0.39 is 0 Å². The van der Waals surface area contributed by atoms with E-state index in [0.29, 0.717) is 10.0 Å². The van der Waals surface area contributed by atoms with Crippen molar-refractivity contribution in [1.82, 2.24) is 18.8 Å². The average molecular weight is 379 g/mol. The van der Waals surface area contributed by atoms with Crippen LogP contribution in [0.25, 0.3) is 33.8 Å². The summed E-state index contributed by atoms with van der Waals surface area (Å²) in [6.07, 6.45) is 7.65. The Hall–Kier alpha value is -2.82. The number of aromatic nitrogens is 4. The van der Waals surface area contributed by atoms with Gasteiger partial charge in [-0.2, -0.15) is 0 Å². The van der Waals surface area contributed by atoms with E-state index in [1.165, 1.54) is 0 Å². The molecule has 0 fully saturated rings. The van der Waals surface area contributed by atoms with Crippen molar-refractivity contribution in [2.75, 3.05) is 0 Å². The second-order valence-electron chi connectivity index (χ2n) is 6.06. The first-order valence-corrected chi connectivity index (χ1v) is 8.81. The standard InChI is InChI=1S/C20H12Cl2N4/c21-15-5-7-19-23-17(11-25(19)9-15)13-1-2-14(4-3-13)18-12-26-10-16(22)6-8-20(26)24-18/h1-12H. The van der Waals surface area contributed by atoms with Gasteiger partial charge in [-0.25, -0.2) is 9.97 Å². The third kappa shape index (κ3) is 2.64. The van der Waals surface area contributed by atoms with Gasteiger partial charge in [0.1, 0.15) is 11.3 Å². The number of halogens is 2. The van der Waals surface area contributed by atoms with E-state index in [1.807, 2.05) is 57.9 Å². The smallest absolute Gasteiger partial charge is 0.137 e. The highest BCUT2D eigenvalue weighted by molar-refractivity contribution is 6.30. The second kappa shape index (κ2) is 5.87. The molecule has 26 heavy (non-hydrogen) atoms. The summed E-state index contributed by atoms with van der Waals surface area (Å²) in [5.74, 6) is 0. The van der Waals surface area contributed by atoms with Gasteiger partial charge in [-0.3, -0.25) is 0 Å². The SMILES string of the molecule is Clc1ccc2nc(-c3ccc(-c4cn5cc(Cl)ccc5n4)cc3)cn2c1. The third-order valence-electron chi connectivity index (χ3n) is 4.31. The summed E-state index contributed by atoms with van der Waals surface area (Å²) in [6.45, 7) is 0. The van der Waals surface area contributed by atoms with E-state index in [9.17, 15) is 0 Å². The van der Waals surface area contributed by atoms with Crippen LogP contribution < -0.4 is 0 Å². The highest BCUT2D eigenvalue weighted by Gasteiger charge is 2.08. The molecule has 4 nitrogen and oxygen atoms in total. The Kier molecular flexibility index (Phi) is 3.48. The molecule has 0 aliphatic heterocycles. The number of benzene rings is 1. The minimum Gasteiger partial charge on any atom is -0.305 e. The zero-order chi connectivity index (χ0) is 17.7. The molecule has 0 radical (unpaired) electrons. The van der Waals surface area contributed by atoms with Crippen LogP contribution in [0.1, 0.15) is 0 Å². The molecule has 5 rings (SSSR count). The Morgan fingerprint density at radius 1 is 0.538 bits per heavy atom. The molecule has 1 aromatic carbocycles. The summed E-state index contributed by atoms with van der Waals surface area (Å²) < 4.78 is 3.86. The molecule has 0 unspecified atom stereocenters. The topological polar surface area (TPSA) is 34.6 Å². The zero-order valence-electron chi connectivity index (χ0n) is 13.5. The van der Waals surface area contributed by atoms with Crippen LogP contribution in [0, 0.1) is 0 Å². The zero-order valence-corrected chi connectivity index (χ0v) is 15.0. The van der Waals surface area contributed by atoms with Gasteiger partial charge in [-0.05, 0) is 24.3 Å². The monoisotopic (exact) mass is 378 g/mol. The molecule has 5 aromatic rings. The predicted octanol–water partition coefficient (Wildman–Crippen LogP) is 5.62. The lowest BCUT2D eigenvalue weighted by Gasteiger charge is -1.99. The molecule has 0 spiro atoms. The fraction of sp³-hybridized carbons (Fsp3) is 0. The van der Waals surface area contributed by atoms with Gasteiger partial charge < -0.3 is 8.80 Å². The molecule has 0 bridgehead atoms. The molecule has 0 aliphatic rings. The normalized spacial score (nSPS) is 11.5. The van der Waals surface area contributed by atoms with Crippen molar-refractivity contribution >= 4 is 34.5 Å². The van der Waals surface area contributed by atoms with Crippen molar-refractivity contribution in [3.63, 3.8) is 0 Å². The van der Waals surface area contributed by atoms with Crippen molar-refractivity contribution in [2.24, 2.45) is 0 Å². The summed E-state index contributed by atoms with van der Waals surface area (Å²) in [4.78, 5) is 9.28. The Morgan fingerprint density at radius 3 is 1.38 bits per heavy atom. The van der Waals surface area contributed by atoms with Crippen LogP contribution in [0.2, 0.25) is 10.0 Å². The number of fused-ring (bicyclic) bond motifs is 2. The molecule has 0 N–H and O–H groups in total. The Labute approximate surface area is 159 Å². The fourth-order valence-electron chi connectivity index (χ4n) is 3.02. The second-order valence-corrected chi connectivity index (χ2v) is 6.93. The first-order valence-electron chi connectivity index (χ1n) is 8.05. The molecule has 4 heterocycles. The van der Waals surface area contributed by atoms with Crippen LogP contribution in [0.15, 0.2) is 73.3 Å². The first kappa shape index (κ1) is 15.4. The first-order chi connectivity index (χ1) is 12.7. The maximum absolute atomic E-state index is 6.04. The summed E-state index contributed by atoms with van der Waals surface area (Å²) in [6, 6.07) is 15.7. The Morgan fingerprint density at radius 2 is 0.962 bits per heavy atom. The van der Waals surface area contributed by atoms with Gasteiger partial charge in [-0.15, -0.1) is 0 Å². The molecule has 0 aliphatic carbocycles. The van der Waals surface area contributed by atoms with Crippen molar-refractivity contribution in [3.05, 3.63) is 83.4 Å². The number of hydrogen-bond donors (Lipinski definition) is 0. The lowest BCUT2D eigenvalue weighted by atomic mass is 10.1. The van der Waals surface area contributed by atoms with Gasteiger partial charge >= 0.3 is 0 Å². The average Bonchev–Trinajstić information content (AvgIpc) is 3.25. The van der Waals surface area contributed by atoms with E-state index in [1.54, 1.807) is 0 Å². The summed E-state index contributed by atoms with van der Waals surface area (Å²) >= 11 is 12.1. The van der Waals surface area contributed by atoms with Gasteiger partial charge in [-0.1, -0.05) is 47.5 Å². The predicted molar refractivity (Wildman–Crippen MR) is 105 cm³/mol. The molecule has 4 aromatic heterocycles. The molecular weight excluding hydrogens is 367 g/mol. The summed E-state index contributed by atoms with van der Waals surface area (Å²) in [5.41, 5.74) is 5.62.